The second-order valence-electron chi connectivity index (χ2n) is 3.75. The summed E-state index contributed by atoms with van der Waals surface area (Å²) >= 11 is 0. The van der Waals surface area contributed by atoms with Crippen LogP contribution in [-0.2, 0) is 0 Å². The van der Waals surface area contributed by atoms with Crippen LogP contribution in [-0.4, -0.2) is 17.4 Å². The maximum absolute atomic E-state index is 10.6. The van der Waals surface area contributed by atoms with Gasteiger partial charge in [0.1, 0.15) is 0 Å². The highest BCUT2D eigenvalue weighted by atomic mass is 16.6. The standard InChI is InChI=1S/C14H11N3O2/c18-17(19)14-8-4-7-13(9-14)11-16-15-10-12-5-2-1-3-6-12/h1-11H/b15-10+,16-11+. The molecule has 0 spiro atoms. The largest absolute Gasteiger partial charge is 0.270 e. The molecule has 5 heteroatoms. The molecular formula is C14H11N3O2. The van der Waals surface area contributed by atoms with Gasteiger partial charge in [0.25, 0.3) is 5.69 Å². The monoisotopic (exact) mass is 253 g/mol. The highest BCUT2D eigenvalue weighted by Gasteiger charge is 2.03. The van der Waals surface area contributed by atoms with Crippen molar-refractivity contribution in [2.24, 2.45) is 10.2 Å². The molecule has 0 radical (unpaired) electrons. The first-order valence-corrected chi connectivity index (χ1v) is 5.61. The molecule has 0 saturated heterocycles. The number of non-ortho nitro benzene ring substituents is 1. The maximum Gasteiger partial charge on any atom is 0.270 e. The average Bonchev–Trinajstić information content (AvgIpc) is 2.45. The summed E-state index contributed by atoms with van der Waals surface area (Å²) in [4.78, 5) is 10.2. The number of hydrogen-bond donors (Lipinski definition) is 0. The molecule has 2 aromatic rings. The molecule has 0 aliphatic heterocycles. The van der Waals surface area contributed by atoms with Crippen molar-refractivity contribution in [2.45, 2.75) is 0 Å². The second-order valence-corrected chi connectivity index (χ2v) is 3.75. The van der Waals surface area contributed by atoms with Gasteiger partial charge in [-0.1, -0.05) is 42.5 Å². The molecule has 2 aromatic carbocycles. The molecule has 0 N–H and O–H groups in total. The van der Waals surface area contributed by atoms with Gasteiger partial charge in [-0.25, -0.2) is 0 Å². The van der Waals surface area contributed by atoms with Crippen molar-refractivity contribution < 1.29 is 4.92 Å². The molecule has 0 aliphatic rings. The Kier molecular flexibility index (Phi) is 4.12. The third kappa shape index (κ3) is 3.85. The average molecular weight is 253 g/mol. The Hall–Kier alpha value is -2.82. The Balaban J connectivity index is 2.05. The molecule has 0 saturated carbocycles. The van der Waals surface area contributed by atoms with Gasteiger partial charge in [0.05, 0.1) is 17.4 Å². The molecule has 19 heavy (non-hydrogen) atoms. The highest BCUT2D eigenvalue weighted by Crippen LogP contribution is 2.11. The van der Waals surface area contributed by atoms with E-state index in [-0.39, 0.29) is 5.69 Å². The van der Waals surface area contributed by atoms with E-state index in [2.05, 4.69) is 10.2 Å². The van der Waals surface area contributed by atoms with Gasteiger partial charge in [0.15, 0.2) is 0 Å². The molecule has 5 nitrogen and oxygen atoms in total. The van der Waals surface area contributed by atoms with Crippen molar-refractivity contribution in [1.29, 1.82) is 0 Å². The van der Waals surface area contributed by atoms with E-state index >= 15 is 0 Å². The van der Waals surface area contributed by atoms with Gasteiger partial charge in [0.2, 0.25) is 0 Å². The minimum Gasteiger partial charge on any atom is -0.258 e. The molecule has 94 valence electrons. The van der Waals surface area contributed by atoms with Crippen LogP contribution in [0.3, 0.4) is 0 Å². The zero-order valence-corrected chi connectivity index (χ0v) is 10.0. The van der Waals surface area contributed by atoms with Gasteiger partial charge in [-0.2, -0.15) is 10.2 Å². The fourth-order valence-corrected chi connectivity index (χ4v) is 1.46. The first kappa shape index (κ1) is 12.6. The predicted molar refractivity (Wildman–Crippen MR) is 74.7 cm³/mol. The molecular weight excluding hydrogens is 242 g/mol. The lowest BCUT2D eigenvalue weighted by Gasteiger charge is -1.92. The van der Waals surface area contributed by atoms with Crippen LogP contribution < -0.4 is 0 Å². The maximum atomic E-state index is 10.6. The van der Waals surface area contributed by atoms with Crippen LogP contribution in [0, 0.1) is 10.1 Å². The summed E-state index contributed by atoms with van der Waals surface area (Å²) in [7, 11) is 0. The lowest BCUT2D eigenvalue weighted by molar-refractivity contribution is -0.384. The lowest BCUT2D eigenvalue weighted by atomic mass is 10.2. The molecule has 0 amide bonds. The van der Waals surface area contributed by atoms with Crippen LogP contribution in [0.5, 0.6) is 0 Å². The Morgan fingerprint density at radius 1 is 0.895 bits per heavy atom. The van der Waals surface area contributed by atoms with Gasteiger partial charge < -0.3 is 0 Å². The highest BCUT2D eigenvalue weighted by molar-refractivity contribution is 5.83. The quantitative estimate of drug-likeness (QED) is 0.477. The molecule has 0 bridgehead atoms. The smallest absolute Gasteiger partial charge is 0.258 e. The van der Waals surface area contributed by atoms with Crippen LogP contribution in [0.15, 0.2) is 64.8 Å². The van der Waals surface area contributed by atoms with Crippen molar-refractivity contribution in [3.05, 3.63) is 75.8 Å². The third-order valence-corrected chi connectivity index (χ3v) is 2.36. The Morgan fingerprint density at radius 3 is 2.21 bits per heavy atom. The van der Waals surface area contributed by atoms with Crippen molar-refractivity contribution in [3.63, 3.8) is 0 Å². The molecule has 0 unspecified atom stereocenters. The normalized spacial score (nSPS) is 11.2. The van der Waals surface area contributed by atoms with Gasteiger partial charge >= 0.3 is 0 Å². The molecule has 0 aromatic heterocycles. The topological polar surface area (TPSA) is 67.9 Å². The summed E-state index contributed by atoms with van der Waals surface area (Å²) in [6.07, 6.45) is 3.10. The Bertz CT molecular complexity index is 622. The number of nitrogens with zero attached hydrogens (tertiary/aromatic N) is 3. The van der Waals surface area contributed by atoms with Crippen molar-refractivity contribution in [2.75, 3.05) is 0 Å². The van der Waals surface area contributed by atoms with E-state index < -0.39 is 4.92 Å². The first-order valence-electron chi connectivity index (χ1n) is 5.61. The number of nitro groups is 1. The zero-order chi connectivity index (χ0) is 13.5. The van der Waals surface area contributed by atoms with Crippen LogP contribution in [0.2, 0.25) is 0 Å². The number of benzene rings is 2. The van der Waals surface area contributed by atoms with Gasteiger partial charge in [-0.05, 0) is 5.56 Å². The minimum atomic E-state index is -0.440. The predicted octanol–water partition coefficient (Wildman–Crippen LogP) is 3.05. The summed E-state index contributed by atoms with van der Waals surface area (Å²) in [6, 6.07) is 15.8. The van der Waals surface area contributed by atoms with Gasteiger partial charge in [0, 0.05) is 17.7 Å². The second kappa shape index (κ2) is 6.20. The summed E-state index contributed by atoms with van der Waals surface area (Å²) in [5.41, 5.74) is 1.62. The van der Waals surface area contributed by atoms with E-state index in [0.29, 0.717) is 5.56 Å². The van der Waals surface area contributed by atoms with Gasteiger partial charge in [-0.15, -0.1) is 0 Å². The fraction of sp³-hybridized carbons (Fsp3) is 0. The van der Waals surface area contributed by atoms with E-state index in [1.165, 1.54) is 18.3 Å². The molecule has 2 rings (SSSR count). The molecule has 0 atom stereocenters. The van der Waals surface area contributed by atoms with E-state index in [4.69, 9.17) is 0 Å². The van der Waals surface area contributed by atoms with Crippen LogP contribution in [0.1, 0.15) is 11.1 Å². The fourth-order valence-electron chi connectivity index (χ4n) is 1.46. The molecule has 0 aliphatic carbocycles. The van der Waals surface area contributed by atoms with Crippen LogP contribution in [0.25, 0.3) is 0 Å². The van der Waals surface area contributed by atoms with Crippen LogP contribution >= 0.6 is 0 Å². The number of rotatable bonds is 4. The van der Waals surface area contributed by atoms with E-state index in [0.717, 1.165) is 5.56 Å². The van der Waals surface area contributed by atoms with Crippen molar-refractivity contribution in [3.8, 4) is 0 Å². The minimum absolute atomic E-state index is 0.0380. The summed E-state index contributed by atoms with van der Waals surface area (Å²) in [5, 5.41) is 18.3. The lowest BCUT2D eigenvalue weighted by Crippen LogP contribution is -1.89. The summed E-state index contributed by atoms with van der Waals surface area (Å²) < 4.78 is 0. The van der Waals surface area contributed by atoms with Crippen molar-refractivity contribution in [1.82, 2.24) is 0 Å². The Morgan fingerprint density at radius 2 is 1.53 bits per heavy atom. The first-order chi connectivity index (χ1) is 9.25. The van der Waals surface area contributed by atoms with Crippen LogP contribution in [0.4, 0.5) is 5.69 Å². The van der Waals surface area contributed by atoms with E-state index in [1.54, 1.807) is 18.3 Å². The van der Waals surface area contributed by atoms with Gasteiger partial charge in [-0.3, -0.25) is 10.1 Å². The van der Waals surface area contributed by atoms with Crippen molar-refractivity contribution >= 4 is 18.1 Å². The number of nitro benzene ring substituents is 1. The summed E-state index contributed by atoms with van der Waals surface area (Å²) in [5.74, 6) is 0. The molecule has 0 heterocycles. The third-order valence-electron chi connectivity index (χ3n) is 2.36. The van der Waals surface area contributed by atoms with E-state index in [1.807, 2.05) is 30.3 Å². The zero-order valence-electron chi connectivity index (χ0n) is 10.0. The Labute approximate surface area is 110 Å². The van der Waals surface area contributed by atoms with E-state index in [9.17, 15) is 10.1 Å². The summed E-state index contributed by atoms with van der Waals surface area (Å²) in [6.45, 7) is 0. The SMILES string of the molecule is O=[N+]([O-])c1cccc(/C=N/N=C/c2ccccc2)c1. The number of hydrogen-bond acceptors (Lipinski definition) is 4. The molecule has 0 fully saturated rings.